The monoisotopic (exact) mass is 332 g/mol. The maximum absolute atomic E-state index is 12.0. The third-order valence-electron chi connectivity index (χ3n) is 4.33. The molecule has 1 aliphatic heterocycles. The van der Waals surface area contributed by atoms with Crippen molar-refractivity contribution in [3.63, 3.8) is 0 Å². The number of rotatable bonds is 6. The molecule has 1 aromatic rings. The smallest absolute Gasteiger partial charge is 0.307 e. The molecule has 0 bridgehead atoms. The molecule has 2 amide bonds. The molecule has 1 saturated heterocycles. The quantitative estimate of drug-likeness (QED) is 0.724. The fourth-order valence-electron chi connectivity index (χ4n) is 2.84. The van der Waals surface area contributed by atoms with Crippen LogP contribution in [0.4, 0.5) is 5.69 Å². The van der Waals surface area contributed by atoms with E-state index in [1.54, 1.807) is 18.2 Å². The maximum atomic E-state index is 12.0. The highest BCUT2D eigenvalue weighted by Crippen LogP contribution is 2.38. The van der Waals surface area contributed by atoms with Gasteiger partial charge in [0.1, 0.15) is 6.10 Å². The number of carboxylic acid groups (broad SMARTS) is 1. The molecule has 3 N–H and O–H groups in total. The summed E-state index contributed by atoms with van der Waals surface area (Å²) in [5, 5.41) is 14.4. The van der Waals surface area contributed by atoms with Gasteiger partial charge in [-0.2, -0.15) is 0 Å². The summed E-state index contributed by atoms with van der Waals surface area (Å²) in [4.78, 5) is 34.7. The van der Waals surface area contributed by atoms with Crippen LogP contribution in [0, 0.1) is 11.8 Å². The second-order valence-electron chi connectivity index (χ2n) is 6.20. The van der Waals surface area contributed by atoms with Crippen LogP contribution in [-0.4, -0.2) is 35.6 Å². The van der Waals surface area contributed by atoms with E-state index in [2.05, 4.69) is 10.6 Å². The summed E-state index contributed by atoms with van der Waals surface area (Å²) in [6.45, 7) is 0.911. The molecule has 2 fully saturated rings. The molecule has 1 aliphatic carbocycles. The predicted molar refractivity (Wildman–Crippen MR) is 85.1 cm³/mol. The first-order valence-electron chi connectivity index (χ1n) is 8.06. The number of ether oxygens (including phenoxy) is 1. The molecular weight excluding hydrogens is 312 g/mol. The predicted octanol–water partition coefficient (Wildman–Crippen LogP) is 1.14. The van der Waals surface area contributed by atoms with Gasteiger partial charge in [-0.05, 0) is 37.0 Å². The Kier molecular flexibility index (Phi) is 4.80. The normalized spacial score (nSPS) is 25.1. The fourth-order valence-corrected chi connectivity index (χ4v) is 2.84. The molecule has 3 unspecified atom stereocenters. The first-order chi connectivity index (χ1) is 11.5. The molecule has 7 heteroatoms. The van der Waals surface area contributed by atoms with Crippen LogP contribution in [0.15, 0.2) is 24.3 Å². The molecule has 0 radical (unpaired) electrons. The van der Waals surface area contributed by atoms with Crippen molar-refractivity contribution in [1.82, 2.24) is 5.32 Å². The van der Waals surface area contributed by atoms with Gasteiger partial charge in [-0.3, -0.25) is 14.4 Å². The first kappa shape index (κ1) is 16.4. The maximum Gasteiger partial charge on any atom is 0.307 e. The number of anilines is 1. The van der Waals surface area contributed by atoms with Gasteiger partial charge in [0.15, 0.2) is 0 Å². The van der Waals surface area contributed by atoms with E-state index in [1.807, 2.05) is 6.07 Å². The number of benzene rings is 1. The molecule has 0 aromatic heterocycles. The Balaban J connectivity index is 1.51. The van der Waals surface area contributed by atoms with Gasteiger partial charge < -0.3 is 20.5 Å². The zero-order valence-corrected chi connectivity index (χ0v) is 13.2. The second kappa shape index (κ2) is 7.00. The summed E-state index contributed by atoms with van der Waals surface area (Å²) in [5.74, 6) is -2.30. The van der Waals surface area contributed by atoms with E-state index in [0.717, 1.165) is 18.4 Å². The summed E-state index contributed by atoms with van der Waals surface area (Å²) >= 11 is 0. The lowest BCUT2D eigenvalue weighted by Crippen LogP contribution is -2.27. The summed E-state index contributed by atoms with van der Waals surface area (Å²) in [7, 11) is 0. The lowest BCUT2D eigenvalue weighted by molar-refractivity contribution is -0.140. The Hall–Kier alpha value is -2.41. The van der Waals surface area contributed by atoms with Crippen LogP contribution in [0.5, 0.6) is 0 Å². The molecule has 2 aliphatic rings. The standard InChI is InChI=1S/C17H20N2O5/c20-15(12-8-13(12)17(22)23)18-9-10-3-1-4-11(7-10)19-16(21)14-5-2-6-24-14/h1,3-4,7,12-14H,2,5-6,8-9H2,(H,18,20)(H,19,21)(H,22,23). The Labute approximate surface area is 139 Å². The second-order valence-corrected chi connectivity index (χ2v) is 6.20. The van der Waals surface area contributed by atoms with Gasteiger partial charge in [-0.15, -0.1) is 0 Å². The number of carbonyl (C=O) groups excluding carboxylic acids is 2. The van der Waals surface area contributed by atoms with E-state index in [-0.39, 0.29) is 11.8 Å². The fraction of sp³-hybridized carbons (Fsp3) is 0.471. The van der Waals surface area contributed by atoms with Crippen LogP contribution < -0.4 is 10.6 Å². The Bertz CT molecular complexity index is 654. The van der Waals surface area contributed by atoms with Gasteiger partial charge >= 0.3 is 5.97 Å². The average Bonchev–Trinajstić information content (AvgIpc) is 3.19. The van der Waals surface area contributed by atoms with Gasteiger partial charge in [0.25, 0.3) is 5.91 Å². The van der Waals surface area contributed by atoms with E-state index in [9.17, 15) is 14.4 Å². The number of hydrogen-bond donors (Lipinski definition) is 3. The van der Waals surface area contributed by atoms with Gasteiger partial charge in [-0.1, -0.05) is 12.1 Å². The molecule has 1 heterocycles. The van der Waals surface area contributed by atoms with Crippen LogP contribution in [0.1, 0.15) is 24.8 Å². The van der Waals surface area contributed by atoms with Crippen molar-refractivity contribution in [2.24, 2.45) is 11.8 Å². The van der Waals surface area contributed by atoms with Crippen LogP contribution in [0.3, 0.4) is 0 Å². The Morgan fingerprint density at radius 2 is 2.04 bits per heavy atom. The molecule has 7 nitrogen and oxygen atoms in total. The van der Waals surface area contributed by atoms with Gasteiger partial charge in [0.05, 0.1) is 11.8 Å². The van der Waals surface area contributed by atoms with Crippen LogP contribution in [0.2, 0.25) is 0 Å². The topological polar surface area (TPSA) is 105 Å². The largest absolute Gasteiger partial charge is 0.481 e. The first-order valence-corrected chi connectivity index (χ1v) is 8.06. The van der Waals surface area contributed by atoms with Crippen molar-refractivity contribution in [3.05, 3.63) is 29.8 Å². The van der Waals surface area contributed by atoms with Crippen molar-refractivity contribution in [3.8, 4) is 0 Å². The highest BCUT2D eigenvalue weighted by atomic mass is 16.5. The van der Waals surface area contributed by atoms with E-state index < -0.39 is 23.9 Å². The SMILES string of the molecule is O=C(Nc1cccc(CNC(=O)C2CC2C(=O)O)c1)C1CCCO1. The lowest BCUT2D eigenvalue weighted by Gasteiger charge is -2.11. The summed E-state index contributed by atoms with van der Waals surface area (Å²) in [6, 6.07) is 7.20. The van der Waals surface area contributed by atoms with Crippen LogP contribution in [0.25, 0.3) is 0 Å². The zero-order valence-electron chi connectivity index (χ0n) is 13.2. The molecule has 3 rings (SSSR count). The Morgan fingerprint density at radius 1 is 1.21 bits per heavy atom. The van der Waals surface area contributed by atoms with Crippen molar-refractivity contribution < 1.29 is 24.2 Å². The molecule has 24 heavy (non-hydrogen) atoms. The summed E-state index contributed by atoms with van der Waals surface area (Å²) < 4.78 is 5.34. The molecule has 128 valence electrons. The number of amides is 2. The van der Waals surface area contributed by atoms with Crippen molar-refractivity contribution in [2.45, 2.75) is 31.9 Å². The minimum Gasteiger partial charge on any atom is -0.481 e. The van der Waals surface area contributed by atoms with Crippen molar-refractivity contribution >= 4 is 23.5 Å². The van der Waals surface area contributed by atoms with E-state index in [1.165, 1.54) is 0 Å². The number of carboxylic acids is 1. The molecule has 1 aromatic carbocycles. The average molecular weight is 332 g/mol. The number of aliphatic carboxylic acids is 1. The third-order valence-corrected chi connectivity index (χ3v) is 4.33. The van der Waals surface area contributed by atoms with E-state index in [4.69, 9.17) is 9.84 Å². The van der Waals surface area contributed by atoms with E-state index in [0.29, 0.717) is 25.3 Å². The number of hydrogen-bond acceptors (Lipinski definition) is 4. The van der Waals surface area contributed by atoms with Gasteiger partial charge in [0, 0.05) is 18.8 Å². The molecule has 1 saturated carbocycles. The molecule has 3 atom stereocenters. The minimum atomic E-state index is -0.922. The van der Waals surface area contributed by atoms with Gasteiger partial charge in [0.2, 0.25) is 5.91 Å². The van der Waals surface area contributed by atoms with Gasteiger partial charge in [-0.25, -0.2) is 0 Å². The van der Waals surface area contributed by atoms with Crippen molar-refractivity contribution in [1.29, 1.82) is 0 Å². The van der Waals surface area contributed by atoms with E-state index >= 15 is 0 Å². The third kappa shape index (κ3) is 3.91. The van der Waals surface area contributed by atoms with Crippen LogP contribution >= 0.6 is 0 Å². The lowest BCUT2D eigenvalue weighted by atomic mass is 10.1. The highest BCUT2D eigenvalue weighted by molar-refractivity contribution is 5.94. The minimum absolute atomic E-state index is 0.157. The van der Waals surface area contributed by atoms with Crippen molar-refractivity contribution in [2.75, 3.05) is 11.9 Å². The summed E-state index contributed by atoms with van der Waals surface area (Å²) in [6.07, 6.45) is 1.63. The number of nitrogens with one attached hydrogen (secondary N) is 2. The Morgan fingerprint density at radius 3 is 2.71 bits per heavy atom. The molecular formula is C17H20N2O5. The number of carbonyl (C=O) groups is 3. The van der Waals surface area contributed by atoms with Crippen LogP contribution in [-0.2, 0) is 25.7 Å². The highest BCUT2D eigenvalue weighted by Gasteiger charge is 2.48. The summed E-state index contributed by atoms with van der Waals surface area (Å²) in [5.41, 5.74) is 1.48. The zero-order chi connectivity index (χ0) is 17.1. The molecule has 0 spiro atoms.